The third-order valence-electron chi connectivity index (χ3n) is 1.71. The molecule has 1 atom stereocenters. The molecule has 0 radical (unpaired) electrons. The van der Waals surface area contributed by atoms with Gasteiger partial charge in [0.05, 0.1) is 0 Å². The lowest BCUT2D eigenvalue weighted by molar-refractivity contribution is 0.154. The monoisotopic (exact) mass is 160 g/mol. The minimum atomic E-state index is -0.0383. The molecule has 0 heterocycles. The standard InChI is InChI=1S/C8H20N2O/c1-7(4-9)10-5-8(2,3)6-11/h7,10-11H,4-6,9H2,1-3H3. The Balaban J connectivity index is 3.52. The fraction of sp³-hybridized carbons (Fsp3) is 1.00. The minimum Gasteiger partial charge on any atom is -0.396 e. The molecule has 0 aromatic rings. The van der Waals surface area contributed by atoms with Gasteiger partial charge in [-0.15, -0.1) is 0 Å². The van der Waals surface area contributed by atoms with E-state index in [1.54, 1.807) is 0 Å². The van der Waals surface area contributed by atoms with Gasteiger partial charge in [-0.25, -0.2) is 0 Å². The number of aliphatic hydroxyl groups is 1. The number of hydrogen-bond donors (Lipinski definition) is 3. The van der Waals surface area contributed by atoms with Crippen LogP contribution < -0.4 is 11.1 Å². The molecule has 0 bridgehead atoms. The van der Waals surface area contributed by atoms with Gasteiger partial charge < -0.3 is 16.2 Å². The van der Waals surface area contributed by atoms with Crippen LogP contribution in [0.15, 0.2) is 0 Å². The van der Waals surface area contributed by atoms with Crippen molar-refractivity contribution in [1.82, 2.24) is 5.32 Å². The highest BCUT2D eigenvalue weighted by Gasteiger charge is 2.16. The van der Waals surface area contributed by atoms with Crippen LogP contribution in [0.2, 0.25) is 0 Å². The van der Waals surface area contributed by atoms with E-state index < -0.39 is 0 Å². The van der Waals surface area contributed by atoms with Crippen LogP contribution in [-0.2, 0) is 0 Å². The smallest absolute Gasteiger partial charge is 0.0494 e. The second-order valence-corrected chi connectivity index (χ2v) is 3.84. The van der Waals surface area contributed by atoms with Gasteiger partial charge in [0.1, 0.15) is 0 Å². The fourth-order valence-corrected chi connectivity index (χ4v) is 0.590. The van der Waals surface area contributed by atoms with Gasteiger partial charge in [-0.05, 0) is 6.92 Å². The van der Waals surface area contributed by atoms with E-state index in [4.69, 9.17) is 10.8 Å². The maximum absolute atomic E-state index is 8.91. The molecule has 0 aliphatic rings. The van der Waals surface area contributed by atoms with E-state index in [0.717, 1.165) is 6.54 Å². The van der Waals surface area contributed by atoms with Gasteiger partial charge in [-0.2, -0.15) is 0 Å². The molecule has 0 aliphatic carbocycles. The normalized spacial score (nSPS) is 15.0. The summed E-state index contributed by atoms with van der Waals surface area (Å²) >= 11 is 0. The topological polar surface area (TPSA) is 58.3 Å². The molecule has 0 fully saturated rings. The number of aliphatic hydroxyl groups excluding tert-OH is 1. The van der Waals surface area contributed by atoms with Crippen molar-refractivity contribution >= 4 is 0 Å². The molecule has 0 aromatic carbocycles. The van der Waals surface area contributed by atoms with Crippen LogP contribution in [0.25, 0.3) is 0 Å². The zero-order valence-electron chi connectivity index (χ0n) is 7.72. The van der Waals surface area contributed by atoms with Crippen LogP contribution >= 0.6 is 0 Å². The van der Waals surface area contributed by atoms with Crippen molar-refractivity contribution in [1.29, 1.82) is 0 Å². The molecular formula is C8H20N2O. The molecule has 0 saturated heterocycles. The number of rotatable bonds is 5. The molecule has 68 valence electrons. The van der Waals surface area contributed by atoms with Gasteiger partial charge in [-0.1, -0.05) is 13.8 Å². The van der Waals surface area contributed by atoms with E-state index in [0.29, 0.717) is 12.6 Å². The average molecular weight is 160 g/mol. The molecule has 0 aromatic heterocycles. The first-order valence-corrected chi connectivity index (χ1v) is 4.06. The molecule has 0 spiro atoms. The summed E-state index contributed by atoms with van der Waals surface area (Å²) in [6.07, 6.45) is 0. The van der Waals surface area contributed by atoms with Crippen molar-refractivity contribution in [2.75, 3.05) is 19.7 Å². The predicted molar refractivity (Wildman–Crippen MR) is 47.4 cm³/mol. The SMILES string of the molecule is CC(CN)NCC(C)(C)CO. The molecule has 11 heavy (non-hydrogen) atoms. The van der Waals surface area contributed by atoms with Crippen molar-refractivity contribution < 1.29 is 5.11 Å². The van der Waals surface area contributed by atoms with Crippen molar-refractivity contribution in [3.8, 4) is 0 Å². The summed E-state index contributed by atoms with van der Waals surface area (Å²) < 4.78 is 0. The second-order valence-electron chi connectivity index (χ2n) is 3.84. The van der Waals surface area contributed by atoms with Crippen molar-refractivity contribution in [3.05, 3.63) is 0 Å². The molecule has 1 unspecified atom stereocenters. The van der Waals surface area contributed by atoms with Crippen molar-refractivity contribution in [2.24, 2.45) is 11.1 Å². The highest BCUT2D eigenvalue weighted by atomic mass is 16.3. The van der Waals surface area contributed by atoms with Crippen LogP contribution in [0.5, 0.6) is 0 Å². The molecule has 0 amide bonds. The number of nitrogens with two attached hydrogens (primary N) is 1. The van der Waals surface area contributed by atoms with Gasteiger partial charge in [0.25, 0.3) is 0 Å². The lowest BCUT2D eigenvalue weighted by atomic mass is 9.95. The van der Waals surface area contributed by atoms with Gasteiger partial charge in [-0.3, -0.25) is 0 Å². The minimum absolute atomic E-state index is 0.0383. The van der Waals surface area contributed by atoms with E-state index >= 15 is 0 Å². The highest BCUT2D eigenvalue weighted by Crippen LogP contribution is 2.11. The van der Waals surface area contributed by atoms with Crippen molar-refractivity contribution in [2.45, 2.75) is 26.8 Å². The Morgan fingerprint density at radius 2 is 2.09 bits per heavy atom. The molecule has 0 aliphatic heterocycles. The first-order chi connectivity index (χ1) is 5.02. The molecule has 3 nitrogen and oxygen atoms in total. The lowest BCUT2D eigenvalue weighted by Crippen LogP contribution is -2.40. The summed E-state index contributed by atoms with van der Waals surface area (Å²) in [5.74, 6) is 0. The van der Waals surface area contributed by atoms with Crippen LogP contribution in [0.4, 0.5) is 0 Å². The van der Waals surface area contributed by atoms with E-state index in [-0.39, 0.29) is 12.0 Å². The highest BCUT2D eigenvalue weighted by molar-refractivity contribution is 4.72. The van der Waals surface area contributed by atoms with Crippen LogP contribution in [0.3, 0.4) is 0 Å². The molecule has 0 saturated carbocycles. The first-order valence-electron chi connectivity index (χ1n) is 4.06. The zero-order chi connectivity index (χ0) is 8.91. The van der Waals surface area contributed by atoms with Crippen molar-refractivity contribution in [3.63, 3.8) is 0 Å². The van der Waals surface area contributed by atoms with Gasteiger partial charge in [0.15, 0.2) is 0 Å². The van der Waals surface area contributed by atoms with Crippen LogP contribution in [-0.4, -0.2) is 30.8 Å². The summed E-state index contributed by atoms with van der Waals surface area (Å²) in [5, 5.41) is 12.1. The quantitative estimate of drug-likeness (QED) is 0.528. The third-order valence-corrected chi connectivity index (χ3v) is 1.71. The Bertz CT molecular complexity index is 104. The summed E-state index contributed by atoms with van der Waals surface area (Å²) in [5.41, 5.74) is 5.38. The molecular weight excluding hydrogens is 140 g/mol. The summed E-state index contributed by atoms with van der Waals surface area (Å²) in [6.45, 7) is 7.72. The molecule has 4 N–H and O–H groups in total. The van der Waals surface area contributed by atoms with Gasteiger partial charge >= 0.3 is 0 Å². The number of nitrogens with one attached hydrogen (secondary N) is 1. The van der Waals surface area contributed by atoms with E-state index in [9.17, 15) is 0 Å². The maximum atomic E-state index is 8.91. The zero-order valence-corrected chi connectivity index (χ0v) is 7.72. The summed E-state index contributed by atoms with van der Waals surface area (Å²) in [7, 11) is 0. The third kappa shape index (κ3) is 5.18. The van der Waals surface area contributed by atoms with Gasteiger partial charge in [0.2, 0.25) is 0 Å². The average Bonchev–Trinajstić information content (AvgIpc) is 2.00. The molecule has 0 rings (SSSR count). The van der Waals surface area contributed by atoms with E-state index in [1.165, 1.54) is 0 Å². The Morgan fingerprint density at radius 3 is 2.45 bits per heavy atom. The van der Waals surface area contributed by atoms with Gasteiger partial charge in [0, 0.05) is 31.2 Å². The van der Waals surface area contributed by atoms with Crippen LogP contribution in [0, 0.1) is 5.41 Å². The van der Waals surface area contributed by atoms with E-state index in [2.05, 4.69) is 5.32 Å². The summed E-state index contributed by atoms with van der Waals surface area (Å²) in [6, 6.07) is 0.334. The molecule has 3 heteroatoms. The Morgan fingerprint density at radius 1 is 1.55 bits per heavy atom. The Kier molecular flexibility index (Phi) is 4.65. The number of hydrogen-bond acceptors (Lipinski definition) is 3. The fourth-order valence-electron chi connectivity index (χ4n) is 0.590. The lowest BCUT2D eigenvalue weighted by Gasteiger charge is -2.24. The summed E-state index contributed by atoms with van der Waals surface area (Å²) in [4.78, 5) is 0. The second kappa shape index (κ2) is 4.70. The van der Waals surface area contributed by atoms with E-state index in [1.807, 2.05) is 20.8 Å². The Hall–Kier alpha value is -0.120. The Labute approximate surface area is 69.0 Å². The predicted octanol–water partition coefficient (Wildman–Crippen LogP) is -0.0583. The van der Waals surface area contributed by atoms with Crippen LogP contribution in [0.1, 0.15) is 20.8 Å². The maximum Gasteiger partial charge on any atom is 0.0494 e. The first kappa shape index (κ1) is 10.9. The largest absolute Gasteiger partial charge is 0.396 e.